The fourth-order valence-corrected chi connectivity index (χ4v) is 2.23. The molecule has 0 saturated heterocycles. The number of aromatic nitrogens is 2. The van der Waals surface area contributed by atoms with Crippen molar-refractivity contribution in [2.24, 2.45) is 0 Å². The molecule has 5 heteroatoms. The lowest BCUT2D eigenvalue weighted by molar-refractivity contribution is 0.327. The van der Waals surface area contributed by atoms with Crippen molar-refractivity contribution >= 4 is 17.2 Å². The number of ether oxygens (including phenoxy) is 1. The predicted octanol–water partition coefficient (Wildman–Crippen LogP) is 2.90. The highest BCUT2D eigenvalue weighted by Gasteiger charge is 2.00. The highest BCUT2D eigenvalue weighted by Crippen LogP contribution is 2.12. The Morgan fingerprint density at radius 3 is 2.94 bits per heavy atom. The van der Waals surface area contributed by atoms with E-state index in [0.717, 1.165) is 29.5 Å². The number of rotatable bonds is 6. The molecule has 0 fully saturated rings. The van der Waals surface area contributed by atoms with Crippen molar-refractivity contribution in [2.45, 2.75) is 20.3 Å². The lowest BCUT2D eigenvalue weighted by atomic mass is 10.3. The molecule has 4 nitrogen and oxygen atoms in total. The van der Waals surface area contributed by atoms with E-state index in [1.54, 1.807) is 11.3 Å². The summed E-state index contributed by atoms with van der Waals surface area (Å²) in [6, 6.07) is 5.74. The number of pyridine rings is 1. The number of nitrogens with zero attached hydrogens (tertiary/aromatic N) is 2. The summed E-state index contributed by atoms with van der Waals surface area (Å²) in [5, 5.41) is 6.49. The number of aryl methyl sites for hydroxylation is 1. The fourth-order valence-electron chi connectivity index (χ4n) is 1.58. The van der Waals surface area contributed by atoms with Crippen LogP contribution >= 0.6 is 11.3 Å². The van der Waals surface area contributed by atoms with Gasteiger partial charge in [-0.3, -0.25) is 0 Å². The molecule has 1 N–H and O–H groups in total. The Bertz CT molecular complexity index is 498. The number of hydrogen-bond donors (Lipinski definition) is 1. The molecule has 0 spiro atoms. The molecular weight excluding hydrogens is 246 g/mol. The van der Waals surface area contributed by atoms with Gasteiger partial charge in [0, 0.05) is 24.4 Å². The van der Waals surface area contributed by atoms with Crippen LogP contribution < -0.4 is 10.1 Å². The highest BCUT2D eigenvalue weighted by atomic mass is 32.1. The molecule has 18 heavy (non-hydrogen) atoms. The topological polar surface area (TPSA) is 47.0 Å². The number of nitrogens with one attached hydrogen (secondary N) is 1. The third kappa shape index (κ3) is 3.70. The molecule has 0 unspecified atom stereocenters. The molecule has 0 aromatic carbocycles. The molecule has 0 amide bonds. The van der Waals surface area contributed by atoms with E-state index in [1.165, 1.54) is 0 Å². The van der Waals surface area contributed by atoms with Gasteiger partial charge in [-0.15, -0.1) is 11.3 Å². The van der Waals surface area contributed by atoms with Crippen LogP contribution in [-0.4, -0.2) is 23.1 Å². The average Bonchev–Trinajstić information content (AvgIpc) is 2.76. The Morgan fingerprint density at radius 2 is 2.22 bits per heavy atom. The Hall–Kier alpha value is -1.62. The van der Waals surface area contributed by atoms with E-state index in [0.29, 0.717) is 12.5 Å². The van der Waals surface area contributed by atoms with Crippen LogP contribution in [0.15, 0.2) is 23.6 Å². The van der Waals surface area contributed by atoms with Crippen molar-refractivity contribution in [1.29, 1.82) is 0 Å². The molecule has 2 aromatic heterocycles. The lowest BCUT2D eigenvalue weighted by Gasteiger charge is -2.06. The average molecular weight is 263 g/mol. The number of hydrogen-bond acceptors (Lipinski definition) is 5. The van der Waals surface area contributed by atoms with Crippen molar-refractivity contribution in [3.63, 3.8) is 0 Å². The monoisotopic (exact) mass is 263 g/mol. The van der Waals surface area contributed by atoms with Gasteiger partial charge < -0.3 is 10.1 Å². The SMILES string of the molecule is CCOc1cccc(NCCc2csc(C)n2)n1. The van der Waals surface area contributed by atoms with Crippen molar-refractivity contribution in [1.82, 2.24) is 9.97 Å². The van der Waals surface area contributed by atoms with Gasteiger partial charge >= 0.3 is 0 Å². The summed E-state index contributed by atoms with van der Waals surface area (Å²) in [5.41, 5.74) is 1.13. The Balaban J connectivity index is 1.84. The first-order chi connectivity index (χ1) is 8.78. The van der Waals surface area contributed by atoms with E-state index in [2.05, 4.69) is 20.7 Å². The summed E-state index contributed by atoms with van der Waals surface area (Å²) in [7, 11) is 0. The van der Waals surface area contributed by atoms with Gasteiger partial charge in [0.25, 0.3) is 0 Å². The summed E-state index contributed by atoms with van der Waals surface area (Å²) < 4.78 is 5.35. The van der Waals surface area contributed by atoms with Crippen LogP contribution in [-0.2, 0) is 6.42 Å². The zero-order valence-electron chi connectivity index (χ0n) is 10.6. The first-order valence-corrected chi connectivity index (χ1v) is 6.90. The molecule has 0 saturated carbocycles. The quantitative estimate of drug-likeness (QED) is 0.870. The van der Waals surface area contributed by atoms with Gasteiger partial charge in [-0.1, -0.05) is 6.07 Å². The lowest BCUT2D eigenvalue weighted by Crippen LogP contribution is -2.07. The van der Waals surface area contributed by atoms with Crippen LogP contribution in [0.1, 0.15) is 17.6 Å². The van der Waals surface area contributed by atoms with Gasteiger partial charge in [-0.2, -0.15) is 4.98 Å². The molecule has 0 aliphatic carbocycles. The van der Waals surface area contributed by atoms with Crippen molar-refractivity contribution < 1.29 is 4.74 Å². The van der Waals surface area contributed by atoms with Crippen molar-refractivity contribution in [3.8, 4) is 5.88 Å². The van der Waals surface area contributed by atoms with E-state index in [1.807, 2.05) is 32.0 Å². The molecule has 0 radical (unpaired) electrons. The van der Waals surface area contributed by atoms with E-state index in [4.69, 9.17) is 4.74 Å². The standard InChI is InChI=1S/C13H17N3OS/c1-3-17-13-6-4-5-12(16-13)14-8-7-11-9-18-10(2)15-11/h4-6,9H,3,7-8H2,1-2H3,(H,14,16). The predicted molar refractivity (Wildman–Crippen MR) is 74.5 cm³/mol. The third-order valence-corrected chi connectivity index (χ3v) is 3.19. The molecule has 0 atom stereocenters. The zero-order chi connectivity index (χ0) is 12.8. The Kier molecular flexibility index (Phi) is 4.52. The van der Waals surface area contributed by atoms with Gasteiger partial charge in [-0.25, -0.2) is 4.98 Å². The van der Waals surface area contributed by atoms with Gasteiger partial charge in [0.1, 0.15) is 5.82 Å². The van der Waals surface area contributed by atoms with Crippen LogP contribution in [0.2, 0.25) is 0 Å². The van der Waals surface area contributed by atoms with Gasteiger partial charge in [0.2, 0.25) is 5.88 Å². The zero-order valence-corrected chi connectivity index (χ0v) is 11.5. The molecule has 2 rings (SSSR count). The third-order valence-electron chi connectivity index (χ3n) is 2.37. The number of thiazole rings is 1. The highest BCUT2D eigenvalue weighted by molar-refractivity contribution is 7.09. The minimum Gasteiger partial charge on any atom is -0.478 e. The minimum absolute atomic E-state index is 0.633. The van der Waals surface area contributed by atoms with Gasteiger partial charge in [0.15, 0.2) is 0 Å². The van der Waals surface area contributed by atoms with Crippen LogP contribution in [0.25, 0.3) is 0 Å². The largest absolute Gasteiger partial charge is 0.478 e. The van der Waals surface area contributed by atoms with Crippen LogP contribution in [0.3, 0.4) is 0 Å². The van der Waals surface area contributed by atoms with E-state index in [-0.39, 0.29) is 0 Å². The normalized spacial score (nSPS) is 10.3. The first kappa shape index (κ1) is 12.8. The molecular formula is C13H17N3OS. The van der Waals surface area contributed by atoms with Crippen LogP contribution in [0.4, 0.5) is 5.82 Å². The molecule has 2 aromatic rings. The van der Waals surface area contributed by atoms with E-state index in [9.17, 15) is 0 Å². The molecule has 96 valence electrons. The van der Waals surface area contributed by atoms with E-state index >= 15 is 0 Å². The molecule has 0 aliphatic heterocycles. The number of anilines is 1. The Morgan fingerprint density at radius 1 is 1.33 bits per heavy atom. The summed E-state index contributed by atoms with van der Waals surface area (Å²) in [5.74, 6) is 1.50. The maximum atomic E-state index is 5.35. The molecule has 2 heterocycles. The van der Waals surface area contributed by atoms with Crippen LogP contribution in [0, 0.1) is 6.92 Å². The second-order valence-electron chi connectivity index (χ2n) is 3.83. The van der Waals surface area contributed by atoms with Crippen molar-refractivity contribution in [2.75, 3.05) is 18.5 Å². The summed E-state index contributed by atoms with van der Waals surface area (Å²) in [4.78, 5) is 8.77. The van der Waals surface area contributed by atoms with Gasteiger partial charge in [-0.05, 0) is 19.9 Å². The first-order valence-electron chi connectivity index (χ1n) is 6.02. The summed E-state index contributed by atoms with van der Waals surface area (Å²) in [6.45, 7) is 5.43. The summed E-state index contributed by atoms with van der Waals surface area (Å²) in [6.07, 6.45) is 0.908. The fraction of sp³-hybridized carbons (Fsp3) is 0.385. The maximum Gasteiger partial charge on any atom is 0.215 e. The van der Waals surface area contributed by atoms with E-state index < -0.39 is 0 Å². The van der Waals surface area contributed by atoms with Crippen molar-refractivity contribution in [3.05, 3.63) is 34.3 Å². The second kappa shape index (κ2) is 6.35. The maximum absolute atomic E-state index is 5.35. The summed E-state index contributed by atoms with van der Waals surface area (Å²) >= 11 is 1.69. The molecule has 0 bridgehead atoms. The smallest absolute Gasteiger partial charge is 0.215 e. The second-order valence-corrected chi connectivity index (χ2v) is 4.89. The molecule has 0 aliphatic rings. The Labute approximate surface area is 111 Å². The minimum atomic E-state index is 0.633. The van der Waals surface area contributed by atoms with Crippen LogP contribution in [0.5, 0.6) is 5.88 Å². The van der Waals surface area contributed by atoms with Gasteiger partial charge in [0.05, 0.1) is 17.3 Å².